The van der Waals surface area contributed by atoms with Gasteiger partial charge in [-0.1, -0.05) is 6.07 Å². The van der Waals surface area contributed by atoms with Crippen molar-refractivity contribution in [3.8, 4) is 0 Å². The monoisotopic (exact) mass is 399 g/mol. The zero-order chi connectivity index (χ0) is 13.4. The fraction of sp³-hybridized carbons (Fsp3) is 0.0714. The number of carbonyl (C=O) groups is 1. The SMILES string of the molecule is Cc1ccc(I)cc1NC(=O)c1cc2sccc2s1. The molecule has 0 saturated carbocycles. The van der Waals surface area contributed by atoms with Crippen molar-refractivity contribution in [1.82, 2.24) is 0 Å². The van der Waals surface area contributed by atoms with Crippen LogP contribution < -0.4 is 5.32 Å². The van der Waals surface area contributed by atoms with Crippen molar-refractivity contribution in [2.45, 2.75) is 6.92 Å². The fourth-order valence-electron chi connectivity index (χ4n) is 1.79. The van der Waals surface area contributed by atoms with Gasteiger partial charge >= 0.3 is 0 Å². The second-order valence-electron chi connectivity index (χ2n) is 4.17. The van der Waals surface area contributed by atoms with E-state index in [2.05, 4.69) is 34.0 Å². The minimum atomic E-state index is -0.0292. The van der Waals surface area contributed by atoms with E-state index < -0.39 is 0 Å². The third-order valence-corrected chi connectivity index (χ3v) is 5.57. The number of amides is 1. The summed E-state index contributed by atoms with van der Waals surface area (Å²) in [5, 5.41) is 5.04. The van der Waals surface area contributed by atoms with E-state index in [0.29, 0.717) is 0 Å². The molecular weight excluding hydrogens is 389 g/mol. The molecule has 1 amide bonds. The van der Waals surface area contributed by atoms with Gasteiger partial charge in [-0.05, 0) is 64.7 Å². The van der Waals surface area contributed by atoms with Crippen LogP contribution in [0.25, 0.3) is 9.40 Å². The van der Waals surface area contributed by atoms with Crippen LogP contribution >= 0.6 is 45.3 Å². The highest BCUT2D eigenvalue weighted by atomic mass is 127. The van der Waals surface area contributed by atoms with Crippen molar-refractivity contribution in [2.75, 3.05) is 5.32 Å². The molecule has 1 N–H and O–H groups in total. The molecule has 2 aromatic heterocycles. The summed E-state index contributed by atoms with van der Waals surface area (Å²) in [6.45, 7) is 2.00. The summed E-state index contributed by atoms with van der Waals surface area (Å²) >= 11 is 5.45. The lowest BCUT2D eigenvalue weighted by molar-refractivity contribution is 0.103. The molecule has 0 bridgehead atoms. The Morgan fingerprint density at radius 1 is 1.21 bits per heavy atom. The van der Waals surface area contributed by atoms with Gasteiger partial charge < -0.3 is 5.32 Å². The molecule has 0 atom stereocenters. The molecule has 96 valence electrons. The number of aryl methyl sites for hydroxylation is 1. The summed E-state index contributed by atoms with van der Waals surface area (Å²) in [4.78, 5) is 13.0. The van der Waals surface area contributed by atoms with E-state index in [0.717, 1.165) is 19.7 Å². The largest absolute Gasteiger partial charge is 0.321 e. The smallest absolute Gasteiger partial charge is 0.265 e. The van der Waals surface area contributed by atoms with Crippen molar-refractivity contribution >= 4 is 66.3 Å². The van der Waals surface area contributed by atoms with E-state index in [9.17, 15) is 4.79 Å². The van der Waals surface area contributed by atoms with Gasteiger partial charge in [0.25, 0.3) is 5.91 Å². The van der Waals surface area contributed by atoms with Gasteiger partial charge in [-0.15, -0.1) is 22.7 Å². The number of thiophene rings is 2. The molecule has 0 radical (unpaired) electrons. The molecule has 2 nitrogen and oxygen atoms in total. The van der Waals surface area contributed by atoms with Gasteiger partial charge in [0.05, 0.1) is 4.88 Å². The quantitative estimate of drug-likeness (QED) is 0.595. The van der Waals surface area contributed by atoms with Crippen molar-refractivity contribution in [2.24, 2.45) is 0 Å². The maximum atomic E-state index is 12.2. The fourth-order valence-corrected chi connectivity index (χ4v) is 4.29. The Morgan fingerprint density at radius 3 is 2.84 bits per heavy atom. The molecule has 0 saturated heterocycles. The third-order valence-electron chi connectivity index (χ3n) is 2.81. The number of hydrogen-bond donors (Lipinski definition) is 1. The van der Waals surface area contributed by atoms with Gasteiger partial charge in [0.1, 0.15) is 0 Å². The molecule has 0 aliphatic heterocycles. The molecule has 19 heavy (non-hydrogen) atoms. The number of fused-ring (bicyclic) bond motifs is 1. The predicted octanol–water partition coefficient (Wildman–Crippen LogP) is 5.13. The Bertz CT molecular complexity index is 731. The topological polar surface area (TPSA) is 29.1 Å². The van der Waals surface area contributed by atoms with Crippen LogP contribution in [0.2, 0.25) is 0 Å². The van der Waals surface area contributed by atoms with Crippen LogP contribution in [-0.2, 0) is 0 Å². The number of anilines is 1. The third kappa shape index (κ3) is 2.68. The highest BCUT2D eigenvalue weighted by Gasteiger charge is 2.12. The zero-order valence-electron chi connectivity index (χ0n) is 10.1. The summed E-state index contributed by atoms with van der Waals surface area (Å²) in [5.41, 5.74) is 1.96. The van der Waals surface area contributed by atoms with Crippen molar-refractivity contribution in [3.63, 3.8) is 0 Å². The molecule has 0 fully saturated rings. The minimum absolute atomic E-state index is 0.0292. The molecule has 2 heterocycles. The van der Waals surface area contributed by atoms with Gasteiger partial charge in [0.2, 0.25) is 0 Å². The van der Waals surface area contributed by atoms with Crippen LogP contribution in [0.15, 0.2) is 35.7 Å². The van der Waals surface area contributed by atoms with Gasteiger partial charge in [-0.2, -0.15) is 0 Å². The molecule has 3 rings (SSSR count). The molecule has 0 spiro atoms. The number of hydrogen-bond acceptors (Lipinski definition) is 3. The van der Waals surface area contributed by atoms with E-state index >= 15 is 0 Å². The molecule has 3 aromatic rings. The maximum Gasteiger partial charge on any atom is 0.265 e. The van der Waals surface area contributed by atoms with Gasteiger partial charge in [0, 0.05) is 18.7 Å². The molecular formula is C14H10INOS2. The Hall–Kier alpha value is -0.920. The van der Waals surface area contributed by atoms with Crippen LogP contribution in [-0.4, -0.2) is 5.91 Å². The molecule has 0 aliphatic rings. The van der Waals surface area contributed by atoms with Gasteiger partial charge in [-0.25, -0.2) is 0 Å². The first-order valence-electron chi connectivity index (χ1n) is 5.68. The van der Waals surface area contributed by atoms with Crippen LogP contribution in [0.3, 0.4) is 0 Å². The second-order valence-corrected chi connectivity index (χ2v) is 7.45. The van der Waals surface area contributed by atoms with Gasteiger partial charge in [0.15, 0.2) is 0 Å². The number of halogens is 1. The Balaban J connectivity index is 1.88. The molecule has 0 unspecified atom stereocenters. The van der Waals surface area contributed by atoms with Crippen molar-refractivity contribution < 1.29 is 4.79 Å². The first-order chi connectivity index (χ1) is 9.13. The predicted molar refractivity (Wildman–Crippen MR) is 91.6 cm³/mol. The normalized spacial score (nSPS) is 10.8. The van der Waals surface area contributed by atoms with Crippen molar-refractivity contribution in [3.05, 3.63) is 49.7 Å². The average molecular weight is 399 g/mol. The van der Waals surface area contributed by atoms with E-state index in [1.54, 1.807) is 11.3 Å². The second kappa shape index (κ2) is 5.22. The van der Waals surface area contributed by atoms with E-state index in [1.807, 2.05) is 36.6 Å². The highest BCUT2D eigenvalue weighted by molar-refractivity contribution is 14.1. The first kappa shape index (κ1) is 13.1. The summed E-state index contributed by atoms with van der Waals surface area (Å²) in [6, 6.07) is 10.1. The first-order valence-corrected chi connectivity index (χ1v) is 8.45. The van der Waals surface area contributed by atoms with Crippen LogP contribution in [0.1, 0.15) is 15.2 Å². The van der Waals surface area contributed by atoms with Crippen LogP contribution in [0.4, 0.5) is 5.69 Å². The average Bonchev–Trinajstić information content (AvgIpc) is 2.94. The van der Waals surface area contributed by atoms with E-state index in [-0.39, 0.29) is 5.91 Å². The minimum Gasteiger partial charge on any atom is -0.321 e. The summed E-state index contributed by atoms with van der Waals surface area (Å²) < 4.78 is 3.47. The zero-order valence-corrected chi connectivity index (χ0v) is 13.9. The molecule has 5 heteroatoms. The Kier molecular flexibility index (Phi) is 3.60. The Morgan fingerprint density at radius 2 is 2.05 bits per heavy atom. The molecule has 1 aromatic carbocycles. The summed E-state index contributed by atoms with van der Waals surface area (Å²) in [7, 11) is 0. The van der Waals surface area contributed by atoms with Crippen LogP contribution in [0.5, 0.6) is 0 Å². The maximum absolute atomic E-state index is 12.2. The lowest BCUT2D eigenvalue weighted by atomic mass is 10.2. The number of nitrogens with one attached hydrogen (secondary N) is 1. The summed E-state index contributed by atoms with van der Waals surface area (Å²) in [5.74, 6) is -0.0292. The lowest BCUT2D eigenvalue weighted by Crippen LogP contribution is -2.11. The number of carbonyl (C=O) groups excluding carboxylic acids is 1. The summed E-state index contributed by atoms with van der Waals surface area (Å²) in [6.07, 6.45) is 0. The standard InChI is InChI=1S/C14H10INOS2/c1-8-2-3-9(15)6-10(8)16-14(17)13-7-12-11(19-13)4-5-18-12/h2-7H,1H3,(H,16,17). The van der Waals surface area contributed by atoms with Gasteiger partial charge in [-0.3, -0.25) is 4.79 Å². The Labute approximate surface area is 132 Å². The van der Waals surface area contributed by atoms with E-state index in [4.69, 9.17) is 0 Å². The number of benzene rings is 1. The van der Waals surface area contributed by atoms with Crippen molar-refractivity contribution in [1.29, 1.82) is 0 Å². The molecule has 0 aliphatic carbocycles. The number of rotatable bonds is 2. The van der Waals surface area contributed by atoms with E-state index in [1.165, 1.54) is 20.7 Å². The van der Waals surface area contributed by atoms with Crippen LogP contribution in [0, 0.1) is 10.5 Å². The highest BCUT2D eigenvalue weighted by Crippen LogP contribution is 2.30. The lowest BCUT2D eigenvalue weighted by Gasteiger charge is -2.07.